The number of hydrogen-bond donors (Lipinski definition) is 1. The summed E-state index contributed by atoms with van der Waals surface area (Å²) in [6, 6.07) is 12.0. The van der Waals surface area contributed by atoms with Crippen molar-refractivity contribution in [2.45, 2.75) is 54.0 Å². The molecule has 0 saturated heterocycles. The highest BCUT2D eigenvalue weighted by molar-refractivity contribution is 7.98. The lowest BCUT2D eigenvalue weighted by atomic mass is 9.81. The molecule has 1 N–H and O–H groups in total. The monoisotopic (exact) mass is 769 g/mol. The fraction of sp³-hybridized carbons (Fsp3) is 0.371. The van der Waals surface area contributed by atoms with E-state index in [4.69, 9.17) is 27.9 Å². The van der Waals surface area contributed by atoms with Gasteiger partial charge in [0, 0.05) is 34.5 Å². The summed E-state index contributed by atoms with van der Waals surface area (Å²) in [6.45, 7) is 4.62. The van der Waals surface area contributed by atoms with E-state index in [1.807, 2.05) is 51.7 Å². The Labute approximate surface area is 306 Å². The van der Waals surface area contributed by atoms with E-state index in [-0.39, 0.29) is 22.8 Å². The lowest BCUT2D eigenvalue weighted by Crippen LogP contribution is -2.43. The summed E-state index contributed by atoms with van der Waals surface area (Å²) < 4.78 is 65.3. The first kappa shape index (κ1) is 39.6. The van der Waals surface area contributed by atoms with Gasteiger partial charge in [-0.3, -0.25) is 9.36 Å². The molecular formula is C35H41Cl2F2N4O5S2+. The zero-order valence-corrected chi connectivity index (χ0v) is 32.0. The van der Waals surface area contributed by atoms with Gasteiger partial charge in [-0.05, 0) is 66.9 Å². The van der Waals surface area contributed by atoms with E-state index in [0.717, 1.165) is 39.5 Å². The summed E-state index contributed by atoms with van der Waals surface area (Å²) in [5.41, 5.74) is 1.59. The number of aromatic nitrogens is 2. The van der Waals surface area contributed by atoms with Gasteiger partial charge in [-0.15, -0.1) is 0 Å². The highest BCUT2D eigenvalue weighted by atomic mass is 35.5. The van der Waals surface area contributed by atoms with Crippen LogP contribution >= 0.6 is 35.0 Å². The predicted octanol–water partition coefficient (Wildman–Crippen LogP) is 7.64. The number of aliphatic carboxylic acids is 1. The molecule has 4 rings (SSSR count). The van der Waals surface area contributed by atoms with Crippen molar-refractivity contribution in [3.8, 4) is 11.4 Å². The third-order valence-electron chi connectivity index (χ3n) is 8.50. The normalized spacial score (nSPS) is 13.1. The van der Waals surface area contributed by atoms with Crippen LogP contribution in [0.15, 0.2) is 70.8 Å². The van der Waals surface area contributed by atoms with Gasteiger partial charge in [0.05, 0.1) is 56.6 Å². The van der Waals surface area contributed by atoms with Crippen LogP contribution < -0.4 is 4.74 Å². The van der Waals surface area contributed by atoms with Crippen LogP contribution in [0.5, 0.6) is 5.75 Å². The number of quaternary nitrogens is 1. The zero-order chi connectivity index (χ0) is 37.2. The summed E-state index contributed by atoms with van der Waals surface area (Å²) in [4.78, 5) is 16.3. The first-order valence-corrected chi connectivity index (χ1v) is 18.8. The number of thioether (sulfide) groups is 1. The molecule has 0 aliphatic heterocycles. The van der Waals surface area contributed by atoms with Gasteiger partial charge in [0.2, 0.25) is 10.0 Å². The van der Waals surface area contributed by atoms with Crippen LogP contribution in [0.2, 0.25) is 10.0 Å². The number of methoxy groups -OCH3 is 1. The first-order valence-electron chi connectivity index (χ1n) is 15.6. The molecule has 0 fully saturated rings. The average Bonchev–Trinajstić information content (AvgIpc) is 3.47. The molecular weight excluding hydrogens is 729 g/mol. The van der Waals surface area contributed by atoms with E-state index in [9.17, 15) is 22.7 Å². The van der Waals surface area contributed by atoms with Gasteiger partial charge in [0.25, 0.3) is 0 Å². The molecule has 1 atom stereocenters. The number of likely N-dealkylation sites (N-methyl/N-ethyl adjacent to an activating group) is 1. The van der Waals surface area contributed by atoms with E-state index in [0.29, 0.717) is 39.1 Å². The van der Waals surface area contributed by atoms with Crippen LogP contribution in [0.3, 0.4) is 0 Å². The number of rotatable bonds is 15. The molecule has 1 heterocycles. The molecule has 0 amide bonds. The second-order valence-electron chi connectivity index (χ2n) is 13.4. The van der Waals surface area contributed by atoms with E-state index in [1.54, 1.807) is 24.4 Å². The highest BCUT2D eigenvalue weighted by Gasteiger charge is 2.34. The van der Waals surface area contributed by atoms with Crippen molar-refractivity contribution in [3.05, 3.63) is 99.3 Å². The molecule has 270 valence electrons. The number of carbonyl (C=O) groups is 1. The van der Waals surface area contributed by atoms with Gasteiger partial charge in [0.15, 0.2) is 5.16 Å². The molecule has 15 heteroatoms. The van der Waals surface area contributed by atoms with E-state index in [2.05, 4.69) is 4.98 Å². The Morgan fingerprint density at radius 2 is 1.74 bits per heavy atom. The van der Waals surface area contributed by atoms with Crippen molar-refractivity contribution in [2.24, 2.45) is 0 Å². The molecule has 0 spiro atoms. The summed E-state index contributed by atoms with van der Waals surface area (Å²) >= 11 is 14.0. The van der Waals surface area contributed by atoms with Gasteiger partial charge in [-0.2, -0.15) is 4.31 Å². The Bertz CT molecular complexity index is 1940. The van der Waals surface area contributed by atoms with Crippen molar-refractivity contribution in [1.82, 2.24) is 13.9 Å². The maximum Gasteiger partial charge on any atom is 0.322 e. The Kier molecular flexibility index (Phi) is 12.3. The number of nitrogens with zero attached hydrogens (tertiary/aromatic N) is 4. The Balaban J connectivity index is 1.66. The first-order chi connectivity index (χ1) is 23.3. The summed E-state index contributed by atoms with van der Waals surface area (Å²) in [5, 5.41) is 10.6. The fourth-order valence-electron chi connectivity index (χ4n) is 5.47. The van der Waals surface area contributed by atoms with Crippen LogP contribution in [0.25, 0.3) is 5.69 Å². The second kappa shape index (κ2) is 15.6. The fourth-order valence-corrected chi connectivity index (χ4v) is 8.49. The Morgan fingerprint density at radius 3 is 2.32 bits per heavy atom. The van der Waals surface area contributed by atoms with Crippen molar-refractivity contribution >= 4 is 51.0 Å². The van der Waals surface area contributed by atoms with Gasteiger partial charge in [-0.25, -0.2) is 22.2 Å². The molecule has 0 aliphatic carbocycles. The number of carboxylic acids is 1. The molecule has 9 nitrogen and oxygen atoms in total. The Morgan fingerprint density at radius 1 is 1.08 bits per heavy atom. The summed E-state index contributed by atoms with van der Waals surface area (Å²) in [5.74, 6) is -2.12. The van der Waals surface area contributed by atoms with Crippen molar-refractivity contribution < 1.29 is 36.3 Å². The number of ether oxygens (including phenoxy) is 1. The lowest BCUT2D eigenvalue weighted by Gasteiger charge is -2.28. The minimum absolute atomic E-state index is 0.0313. The van der Waals surface area contributed by atoms with Crippen molar-refractivity contribution in [2.75, 3.05) is 41.8 Å². The second-order valence-corrected chi connectivity index (χ2v) is 17.2. The van der Waals surface area contributed by atoms with Crippen LogP contribution in [-0.4, -0.2) is 85.7 Å². The minimum Gasteiger partial charge on any atom is -0.495 e. The summed E-state index contributed by atoms with van der Waals surface area (Å²) in [6.07, 6.45) is 2.23. The van der Waals surface area contributed by atoms with E-state index in [1.165, 1.54) is 26.3 Å². The molecule has 0 aliphatic rings. The van der Waals surface area contributed by atoms with Gasteiger partial charge in [0.1, 0.15) is 23.4 Å². The van der Waals surface area contributed by atoms with Gasteiger partial charge >= 0.3 is 5.97 Å². The van der Waals surface area contributed by atoms with Crippen molar-refractivity contribution in [3.63, 3.8) is 0 Å². The molecule has 0 unspecified atom stereocenters. The largest absolute Gasteiger partial charge is 0.495 e. The number of carboxylic acid groups (broad SMARTS) is 1. The smallest absolute Gasteiger partial charge is 0.322 e. The molecule has 3 aromatic carbocycles. The lowest BCUT2D eigenvalue weighted by molar-refractivity contribution is -0.870. The predicted molar refractivity (Wildman–Crippen MR) is 193 cm³/mol. The standard InChI is InChI=1S/C35H40Cl2F2N4O5S2/c1-35(2,22-10-15-27(36)31(17-22)48-7)32-20-40-34(42(32)24-13-11-23(38)12-14-24)49-21-26-28(37)18-25(19-29(26)39)50(46,47)41(3)30(33(44)45)9-8-16-43(4,5)6/h10-15,17-20,30H,8-9,16,21H2,1-7H3/p+1/t30-/m0/s1. The van der Waals surface area contributed by atoms with Crippen LogP contribution in [0.4, 0.5) is 8.78 Å². The zero-order valence-electron chi connectivity index (χ0n) is 28.9. The molecule has 50 heavy (non-hydrogen) atoms. The number of halogens is 4. The molecule has 1 aromatic heterocycles. The average molecular weight is 771 g/mol. The number of imidazole rings is 1. The summed E-state index contributed by atoms with van der Waals surface area (Å²) in [7, 11) is 4.14. The molecule has 4 aromatic rings. The topological polar surface area (TPSA) is 102 Å². The van der Waals surface area contributed by atoms with Gasteiger partial charge < -0.3 is 14.3 Å². The molecule has 0 bridgehead atoms. The van der Waals surface area contributed by atoms with Gasteiger partial charge in [-0.1, -0.05) is 54.9 Å². The van der Waals surface area contributed by atoms with Crippen LogP contribution in [0.1, 0.15) is 43.5 Å². The molecule has 0 saturated carbocycles. The third-order valence-corrected chi connectivity index (χ3v) is 12.0. The SMILES string of the molecule is COc1cc(C(C)(C)c2cnc(SCc3c(F)cc(S(=O)(=O)N(C)[C@@H](CCC[N+](C)(C)C)C(=O)O)cc3Cl)n2-c2ccc(F)cc2)ccc1Cl. The van der Waals surface area contributed by atoms with Crippen molar-refractivity contribution in [1.29, 1.82) is 0 Å². The minimum atomic E-state index is -4.42. The Hall–Kier alpha value is -3.20. The van der Waals surface area contributed by atoms with E-state index >= 15 is 4.39 Å². The number of hydrogen-bond acceptors (Lipinski definition) is 6. The maximum absolute atomic E-state index is 15.7. The van der Waals surface area contributed by atoms with Crippen LogP contribution in [-0.2, 0) is 26.0 Å². The van der Waals surface area contributed by atoms with E-state index < -0.39 is 44.0 Å². The number of sulfonamides is 1. The third kappa shape index (κ3) is 8.80. The van der Waals surface area contributed by atoms with Crippen LogP contribution in [0, 0.1) is 11.6 Å². The molecule has 0 radical (unpaired) electrons. The quantitative estimate of drug-likeness (QED) is 0.0980. The maximum atomic E-state index is 15.7. The highest BCUT2D eigenvalue weighted by Crippen LogP contribution is 2.40. The number of benzene rings is 3.